The highest BCUT2D eigenvalue weighted by Gasteiger charge is 2.10. The molecule has 0 saturated carbocycles. The quantitative estimate of drug-likeness (QED) is 0.450. The SMILES string of the molecule is CC(CCOCc1ccccc1)C(=O)C=Cc1cc(N)ccc1C#N. The number of anilines is 1. The van der Waals surface area contributed by atoms with Crippen LogP contribution in [-0.4, -0.2) is 12.4 Å². The van der Waals surface area contributed by atoms with E-state index in [1.807, 2.05) is 37.3 Å². The van der Waals surface area contributed by atoms with Gasteiger partial charge in [-0.1, -0.05) is 43.3 Å². The summed E-state index contributed by atoms with van der Waals surface area (Å²) in [5.74, 6) is -0.131. The minimum Gasteiger partial charge on any atom is -0.399 e. The van der Waals surface area contributed by atoms with Crippen LogP contribution < -0.4 is 5.73 Å². The number of rotatable bonds is 8. The monoisotopic (exact) mass is 334 g/mol. The van der Waals surface area contributed by atoms with Gasteiger partial charge in [-0.2, -0.15) is 5.26 Å². The standard InChI is InChI=1S/C21H22N2O2/c1-16(11-12-25-15-17-5-3-2-4-6-17)21(24)10-8-18-13-20(23)9-7-19(18)14-22/h2-10,13,16H,11-12,15,23H2,1H3. The number of hydrogen-bond donors (Lipinski definition) is 1. The lowest BCUT2D eigenvalue weighted by Gasteiger charge is -2.09. The number of ether oxygens (including phenoxy) is 1. The number of hydrogen-bond acceptors (Lipinski definition) is 4. The van der Waals surface area contributed by atoms with Gasteiger partial charge in [0.05, 0.1) is 18.2 Å². The highest BCUT2D eigenvalue weighted by atomic mass is 16.5. The molecule has 2 aromatic carbocycles. The predicted molar refractivity (Wildman–Crippen MR) is 99.5 cm³/mol. The Balaban J connectivity index is 1.82. The van der Waals surface area contributed by atoms with Crippen LogP contribution in [0.25, 0.3) is 6.08 Å². The van der Waals surface area contributed by atoms with Gasteiger partial charge in [0.15, 0.2) is 5.78 Å². The van der Waals surface area contributed by atoms with Crippen LogP contribution in [0.3, 0.4) is 0 Å². The lowest BCUT2D eigenvalue weighted by molar-refractivity contribution is -0.118. The Hall–Kier alpha value is -2.90. The number of benzene rings is 2. The van der Waals surface area contributed by atoms with Crippen LogP contribution >= 0.6 is 0 Å². The number of nitriles is 1. The van der Waals surface area contributed by atoms with Gasteiger partial charge >= 0.3 is 0 Å². The second kappa shape index (κ2) is 9.41. The first-order valence-electron chi connectivity index (χ1n) is 8.23. The normalized spacial score (nSPS) is 12.0. The molecule has 0 spiro atoms. The summed E-state index contributed by atoms with van der Waals surface area (Å²) >= 11 is 0. The van der Waals surface area contributed by atoms with Crippen LogP contribution in [-0.2, 0) is 16.1 Å². The van der Waals surface area contributed by atoms with Gasteiger partial charge in [-0.3, -0.25) is 4.79 Å². The number of carbonyl (C=O) groups is 1. The minimum absolute atomic E-state index is 0.00891. The highest BCUT2D eigenvalue weighted by Crippen LogP contribution is 2.15. The maximum absolute atomic E-state index is 12.2. The van der Waals surface area contributed by atoms with Gasteiger partial charge in [0, 0.05) is 18.2 Å². The fourth-order valence-corrected chi connectivity index (χ4v) is 2.32. The van der Waals surface area contributed by atoms with E-state index in [4.69, 9.17) is 15.7 Å². The van der Waals surface area contributed by atoms with Crippen LogP contribution in [0.1, 0.15) is 30.0 Å². The van der Waals surface area contributed by atoms with Gasteiger partial charge in [-0.25, -0.2) is 0 Å². The van der Waals surface area contributed by atoms with Crippen molar-refractivity contribution in [2.75, 3.05) is 12.3 Å². The molecular weight excluding hydrogens is 312 g/mol. The van der Waals surface area contributed by atoms with E-state index in [0.29, 0.717) is 36.4 Å². The van der Waals surface area contributed by atoms with E-state index >= 15 is 0 Å². The average Bonchev–Trinajstić information content (AvgIpc) is 2.64. The second-order valence-electron chi connectivity index (χ2n) is 5.92. The molecule has 4 nitrogen and oxygen atoms in total. The molecule has 2 rings (SSSR count). The van der Waals surface area contributed by atoms with E-state index in [2.05, 4.69) is 6.07 Å². The molecular formula is C21H22N2O2. The zero-order chi connectivity index (χ0) is 18.1. The molecule has 4 heteroatoms. The molecule has 0 heterocycles. The molecule has 0 aliphatic heterocycles. The Kier molecular flexibility index (Phi) is 6.94. The molecule has 25 heavy (non-hydrogen) atoms. The molecule has 0 aromatic heterocycles. The van der Waals surface area contributed by atoms with Crippen molar-refractivity contribution in [2.24, 2.45) is 5.92 Å². The molecule has 0 bridgehead atoms. The van der Waals surface area contributed by atoms with Crippen molar-refractivity contribution in [1.82, 2.24) is 0 Å². The van der Waals surface area contributed by atoms with Crippen LogP contribution in [0.15, 0.2) is 54.6 Å². The molecule has 0 amide bonds. The Morgan fingerprint density at radius 3 is 2.76 bits per heavy atom. The molecule has 0 saturated heterocycles. The maximum Gasteiger partial charge on any atom is 0.158 e. The average molecular weight is 334 g/mol. The number of carbonyl (C=O) groups excluding carboxylic acids is 1. The summed E-state index contributed by atoms with van der Waals surface area (Å²) in [7, 11) is 0. The third-order valence-electron chi connectivity index (χ3n) is 3.92. The zero-order valence-corrected chi connectivity index (χ0v) is 14.3. The van der Waals surface area contributed by atoms with Gasteiger partial charge < -0.3 is 10.5 Å². The third kappa shape index (κ3) is 5.91. The van der Waals surface area contributed by atoms with Crippen LogP contribution in [0.5, 0.6) is 0 Å². The van der Waals surface area contributed by atoms with Crippen LogP contribution in [0.4, 0.5) is 5.69 Å². The Morgan fingerprint density at radius 1 is 1.28 bits per heavy atom. The van der Waals surface area contributed by atoms with Crippen molar-refractivity contribution in [2.45, 2.75) is 20.0 Å². The van der Waals surface area contributed by atoms with Gasteiger partial charge in [-0.05, 0) is 41.8 Å². The van der Waals surface area contributed by atoms with Crippen molar-refractivity contribution in [1.29, 1.82) is 5.26 Å². The zero-order valence-electron chi connectivity index (χ0n) is 14.3. The summed E-state index contributed by atoms with van der Waals surface area (Å²) in [4.78, 5) is 12.2. The van der Waals surface area contributed by atoms with E-state index in [1.165, 1.54) is 6.08 Å². The summed E-state index contributed by atoms with van der Waals surface area (Å²) in [6.07, 6.45) is 3.81. The highest BCUT2D eigenvalue weighted by molar-refractivity contribution is 5.95. The van der Waals surface area contributed by atoms with Crippen LogP contribution in [0.2, 0.25) is 0 Å². The number of nitrogens with two attached hydrogens (primary N) is 1. The molecule has 0 fully saturated rings. The fraction of sp³-hybridized carbons (Fsp3) is 0.238. The topological polar surface area (TPSA) is 76.1 Å². The third-order valence-corrected chi connectivity index (χ3v) is 3.92. The molecule has 0 aliphatic carbocycles. The molecule has 1 unspecified atom stereocenters. The van der Waals surface area contributed by atoms with E-state index in [9.17, 15) is 4.79 Å². The summed E-state index contributed by atoms with van der Waals surface area (Å²) in [6.45, 7) is 2.95. The van der Waals surface area contributed by atoms with E-state index in [-0.39, 0.29) is 11.7 Å². The molecule has 0 aliphatic rings. The van der Waals surface area contributed by atoms with Gasteiger partial charge in [0.1, 0.15) is 0 Å². The summed E-state index contributed by atoms with van der Waals surface area (Å²) < 4.78 is 5.62. The van der Waals surface area contributed by atoms with Gasteiger partial charge in [0.25, 0.3) is 0 Å². The summed E-state index contributed by atoms with van der Waals surface area (Å²) in [5.41, 5.74) is 8.57. The lowest BCUT2D eigenvalue weighted by atomic mass is 10.0. The van der Waals surface area contributed by atoms with Crippen molar-refractivity contribution >= 4 is 17.5 Å². The van der Waals surface area contributed by atoms with Crippen LogP contribution in [0, 0.1) is 17.2 Å². The van der Waals surface area contributed by atoms with E-state index < -0.39 is 0 Å². The molecule has 2 aromatic rings. The van der Waals surface area contributed by atoms with Crippen molar-refractivity contribution in [3.05, 3.63) is 71.3 Å². The molecule has 128 valence electrons. The minimum atomic E-state index is -0.140. The first kappa shape index (κ1) is 18.4. The lowest BCUT2D eigenvalue weighted by Crippen LogP contribution is -2.11. The largest absolute Gasteiger partial charge is 0.399 e. The maximum atomic E-state index is 12.2. The molecule has 0 radical (unpaired) electrons. The molecule has 2 N–H and O–H groups in total. The van der Waals surface area contributed by atoms with Crippen molar-refractivity contribution in [3.63, 3.8) is 0 Å². The Morgan fingerprint density at radius 2 is 2.04 bits per heavy atom. The van der Waals surface area contributed by atoms with Gasteiger partial charge in [0.2, 0.25) is 0 Å². The number of nitrogens with zero attached hydrogens (tertiary/aromatic N) is 1. The van der Waals surface area contributed by atoms with E-state index in [0.717, 1.165) is 5.56 Å². The fourth-order valence-electron chi connectivity index (χ4n) is 2.32. The summed E-state index contributed by atoms with van der Waals surface area (Å²) in [6, 6.07) is 17.0. The first-order valence-corrected chi connectivity index (χ1v) is 8.23. The van der Waals surface area contributed by atoms with Crippen molar-refractivity contribution in [3.8, 4) is 6.07 Å². The number of nitrogen functional groups attached to an aromatic ring is 1. The van der Waals surface area contributed by atoms with Gasteiger partial charge in [-0.15, -0.1) is 0 Å². The van der Waals surface area contributed by atoms with E-state index in [1.54, 1.807) is 24.3 Å². The predicted octanol–water partition coefficient (Wildman–Crippen LogP) is 3.97. The number of ketones is 1. The Bertz CT molecular complexity index is 776. The summed E-state index contributed by atoms with van der Waals surface area (Å²) in [5, 5.41) is 9.09. The Labute approximate surface area is 148 Å². The molecule has 1 atom stereocenters. The second-order valence-corrected chi connectivity index (χ2v) is 5.92. The first-order chi connectivity index (χ1) is 12.1. The number of allylic oxidation sites excluding steroid dienone is 1. The smallest absolute Gasteiger partial charge is 0.158 e. The van der Waals surface area contributed by atoms with Crippen molar-refractivity contribution < 1.29 is 9.53 Å².